The van der Waals surface area contributed by atoms with Crippen LogP contribution in [0.15, 0.2) is 18.2 Å². The molecule has 2 N–H and O–H groups in total. The van der Waals surface area contributed by atoms with E-state index in [1.54, 1.807) is 0 Å². The minimum Gasteiger partial charge on any atom is -0.481 e. The van der Waals surface area contributed by atoms with E-state index in [1.807, 2.05) is 0 Å². The van der Waals surface area contributed by atoms with Gasteiger partial charge in [0, 0.05) is 19.4 Å². The lowest BCUT2D eigenvalue weighted by Crippen LogP contribution is -2.25. The molecule has 0 saturated carbocycles. The molecule has 20 heavy (non-hydrogen) atoms. The Labute approximate surface area is 120 Å². The Kier molecular flexibility index (Phi) is 6.77. The zero-order valence-corrected chi connectivity index (χ0v) is 12.2. The molecule has 4 heteroatoms. The number of amides is 1. The molecule has 1 aromatic rings. The second kappa shape index (κ2) is 8.35. The number of carbonyl (C=O) groups is 2. The molecule has 0 fully saturated rings. The van der Waals surface area contributed by atoms with Gasteiger partial charge in [0.25, 0.3) is 0 Å². The second-order valence-electron chi connectivity index (χ2n) is 5.20. The van der Waals surface area contributed by atoms with E-state index < -0.39 is 5.97 Å². The molecule has 0 heterocycles. The molecule has 110 valence electrons. The highest BCUT2D eigenvalue weighted by molar-refractivity contribution is 5.75. The van der Waals surface area contributed by atoms with Gasteiger partial charge in [0.2, 0.25) is 5.91 Å². The van der Waals surface area contributed by atoms with Crippen LogP contribution in [0.1, 0.15) is 42.4 Å². The van der Waals surface area contributed by atoms with E-state index >= 15 is 0 Å². The van der Waals surface area contributed by atoms with Crippen LogP contribution in [0.2, 0.25) is 0 Å². The molecule has 0 aliphatic rings. The van der Waals surface area contributed by atoms with E-state index in [9.17, 15) is 9.59 Å². The fraction of sp³-hybridized carbons (Fsp3) is 0.500. The summed E-state index contributed by atoms with van der Waals surface area (Å²) in [6.45, 7) is 4.76. The van der Waals surface area contributed by atoms with Gasteiger partial charge in [-0.1, -0.05) is 29.3 Å². The van der Waals surface area contributed by atoms with Crippen molar-refractivity contribution < 1.29 is 14.7 Å². The topological polar surface area (TPSA) is 66.4 Å². The Balaban J connectivity index is 2.19. The molecule has 1 rings (SSSR count). The molecule has 0 aliphatic heterocycles. The molecule has 0 unspecified atom stereocenters. The number of carboxylic acid groups (broad SMARTS) is 1. The number of rotatable bonds is 8. The summed E-state index contributed by atoms with van der Waals surface area (Å²) in [6.07, 6.45) is 2.54. The van der Waals surface area contributed by atoms with Crippen molar-refractivity contribution in [3.63, 3.8) is 0 Å². The molecule has 0 radical (unpaired) electrons. The maximum Gasteiger partial charge on any atom is 0.303 e. The van der Waals surface area contributed by atoms with Crippen LogP contribution >= 0.6 is 0 Å². The van der Waals surface area contributed by atoms with E-state index in [1.165, 1.54) is 16.7 Å². The van der Waals surface area contributed by atoms with Crippen LogP contribution in [-0.4, -0.2) is 23.5 Å². The lowest BCUT2D eigenvalue weighted by molar-refractivity contribution is -0.137. The van der Waals surface area contributed by atoms with Crippen molar-refractivity contribution in [2.24, 2.45) is 0 Å². The highest BCUT2D eigenvalue weighted by atomic mass is 16.4. The first kappa shape index (κ1) is 16.2. The maximum atomic E-state index is 11.6. The number of hydrogen-bond donors (Lipinski definition) is 2. The normalized spacial score (nSPS) is 10.3. The van der Waals surface area contributed by atoms with Crippen molar-refractivity contribution >= 4 is 11.9 Å². The molecule has 0 atom stereocenters. The lowest BCUT2D eigenvalue weighted by atomic mass is 10.1. The van der Waals surface area contributed by atoms with Crippen molar-refractivity contribution in [3.05, 3.63) is 34.9 Å². The molecule has 0 aliphatic carbocycles. The van der Waals surface area contributed by atoms with Gasteiger partial charge >= 0.3 is 5.97 Å². The molecule has 0 aromatic heterocycles. The van der Waals surface area contributed by atoms with Crippen LogP contribution in [0.5, 0.6) is 0 Å². The smallest absolute Gasteiger partial charge is 0.303 e. The molecule has 1 aromatic carbocycles. The first-order valence-corrected chi connectivity index (χ1v) is 7.03. The number of nitrogens with one attached hydrogen (secondary N) is 1. The van der Waals surface area contributed by atoms with Crippen molar-refractivity contribution in [1.82, 2.24) is 5.32 Å². The predicted octanol–water partition coefficient (Wildman–Crippen LogP) is 2.61. The van der Waals surface area contributed by atoms with Gasteiger partial charge in [-0.05, 0) is 38.7 Å². The monoisotopic (exact) mass is 277 g/mol. The van der Waals surface area contributed by atoms with Gasteiger partial charge in [-0.2, -0.15) is 0 Å². The fourth-order valence-corrected chi connectivity index (χ4v) is 2.21. The van der Waals surface area contributed by atoms with E-state index in [0.717, 1.165) is 6.42 Å². The quantitative estimate of drug-likeness (QED) is 0.718. The number of carbonyl (C=O) groups excluding carboxylic acids is 1. The van der Waals surface area contributed by atoms with Crippen molar-refractivity contribution in [2.45, 2.75) is 46.0 Å². The van der Waals surface area contributed by atoms with Crippen LogP contribution in [0.25, 0.3) is 0 Å². The largest absolute Gasteiger partial charge is 0.481 e. The zero-order valence-electron chi connectivity index (χ0n) is 12.2. The third-order valence-corrected chi connectivity index (χ3v) is 3.06. The summed E-state index contributed by atoms with van der Waals surface area (Å²) in [6, 6.07) is 6.39. The Morgan fingerprint density at radius 2 is 1.65 bits per heavy atom. The number of hydrogen-bond acceptors (Lipinski definition) is 2. The van der Waals surface area contributed by atoms with Gasteiger partial charge in [0.1, 0.15) is 0 Å². The average Bonchev–Trinajstić information content (AvgIpc) is 2.33. The first-order valence-electron chi connectivity index (χ1n) is 7.03. The van der Waals surface area contributed by atoms with Crippen molar-refractivity contribution in [3.8, 4) is 0 Å². The van der Waals surface area contributed by atoms with Crippen LogP contribution in [-0.2, 0) is 16.0 Å². The van der Waals surface area contributed by atoms with Gasteiger partial charge < -0.3 is 10.4 Å². The lowest BCUT2D eigenvalue weighted by Gasteiger charge is -2.07. The Hall–Kier alpha value is -1.84. The summed E-state index contributed by atoms with van der Waals surface area (Å²) in [5.74, 6) is -0.806. The van der Waals surface area contributed by atoms with E-state index in [2.05, 4.69) is 37.4 Å². The van der Waals surface area contributed by atoms with Crippen LogP contribution in [0, 0.1) is 13.8 Å². The summed E-state index contributed by atoms with van der Waals surface area (Å²) in [5.41, 5.74) is 3.70. The molecule has 4 nitrogen and oxygen atoms in total. The number of aliphatic carboxylic acids is 1. The molecule has 0 spiro atoms. The van der Waals surface area contributed by atoms with Crippen molar-refractivity contribution in [1.29, 1.82) is 0 Å². The molecular weight excluding hydrogens is 254 g/mol. The van der Waals surface area contributed by atoms with Crippen LogP contribution in [0.4, 0.5) is 0 Å². The number of aryl methyl sites for hydroxylation is 2. The minimum absolute atomic E-state index is 0.000219. The van der Waals surface area contributed by atoms with Crippen LogP contribution in [0.3, 0.4) is 0 Å². The van der Waals surface area contributed by atoms with Gasteiger partial charge in [-0.3, -0.25) is 9.59 Å². The van der Waals surface area contributed by atoms with Gasteiger partial charge in [-0.25, -0.2) is 0 Å². The van der Waals surface area contributed by atoms with E-state index in [-0.39, 0.29) is 12.3 Å². The summed E-state index contributed by atoms with van der Waals surface area (Å²) >= 11 is 0. The number of benzene rings is 1. The van der Waals surface area contributed by atoms with Gasteiger partial charge in [0.15, 0.2) is 0 Å². The summed E-state index contributed by atoms with van der Waals surface area (Å²) in [7, 11) is 0. The second-order valence-corrected chi connectivity index (χ2v) is 5.20. The SMILES string of the molecule is Cc1cc(C)cc(CCNC(=O)CCCCC(=O)O)c1. The fourth-order valence-electron chi connectivity index (χ4n) is 2.21. The highest BCUT2D eigenvalue weighted by Crippen LogP contribution is 2.09. The standard InChI is InChI=1S/C16H23NO3/c1-12-9-13(2)11-14(10-12)7-8-17-15(18)5-3-4-6-16(19)20/h9-11H,3-8H2,1-2H3,(H,17,18)(H,19,20). The van der Waals surface area contributed by atoms with Gasteiger partial charge in [0.05, 0.1) is 0 Å². The van der Waals surface area contributed by atoms with Crippen molar-refractivity contribution in [2.75, 3.05) is 6.54 Å². The predicted molar refractivity (Wildman–Crippen MR) is 78.7 cm³/mol. The maximum absolute atomic E-state index is 11.6. The summed E-state index contributed by atoms with van der Waals surface area (Å²) in [5, 5.41) is 11.4. The van der Waals surface area contributed by atoms with Crippen LogP contribution < -0.4 is 5.32 Å². The Bertz CT molecular complexity index is 449. The molecule has 1 amide bonds. The van der Waals surface area contributed by atoms with E-state index in [4.69, 9.17) is 5.11 Å². The molecule has 0 saturated heterocycles. The molecule has 0 bridgehead atoms. The minimum atomic E-state index is -0.805. The Morgan fingerprint density at radius 1 is 1.05 bits per heavy atom. The first-order chi connectivity index (χ1) is 9.47. The summed E-state index contributed by atoms with van der Waals surface area (Å²) < 4.78 is 0. The average molecular weight is 277 g/mol. The van der Waals surface area contributed by atoms with E-state index in [0.29, 0.717) is 25.8 Å². The van der Waals surface area contributed by atoms with Gasteiger partial charge in [-0.15, -0.1) is 0 Å². The third kappa shape index (κ3) is 6.92. The third-order valence-electron chi connectivity index (χ3n) is 3.06. The molecular formula is C16H23NO3. The Morgan fingerprint density at radius 3 is 2.25 bits per heavy atom. The number of carboxylic acids is 1. The highest BCUT2D eigenvalue weighted by Gasteiger charge is 2.03. The summed E-state index contributed by atoms with van der Waals surface area (Å²) in [4.78, 5) is 21.9. The number of unbranched alkanes of at least 4 members (excludes halogenated alkanes) is 1. The zero-order chi connectivity index (χ0) is 15.0.